The van der Waals surface area contributed by atoms with Gasteiger partial charge in [0, 0.05) is 25.6 Å². The molecular formula is C12H24N2O. The standard InChI is InChI=1S/C12H24N2O/c1-9(2)13-7-6-12(15)14-8-10(3)11-4-5-11/h9-11,13H,4-8H2,1-3H3,(H,14,15). The lowest BCUT2D eigenvalue weighted by molar-refractivity contribution is -0.121. The second-order valence-corrected chi connectivity index (χ2v) is 4.98. The van der Waals surface area contributed by atoms with Crippen LogP contribution in [0.2, 0.25) is 0 Å². The first-order valence-corrected chi connectivity index (χ1v) is 6.09. The Morgan fingerprint density at radius 3 is 2.53 bits per heavy atom. The normalized spacial score (nSPS) is 17.9. The minimum absolute atomic E-state index is 0.177. The first-order valence-electron chi connectivity index (χ1n) is 6.09. The molecule has 1 aliphatic rings. The van der Waals surface area contributed by atoms with Gasteiger partial charge in [0.15, 0.2) is 0 Å². The van der Waals surface area contributed by atoms with Gasteiger partial charge in [0.25, 0.3) is 0 Å². The lowest BCUT2D eigenvalue weighted by Crippen LogP contribution is -2.33. The fourth-order valence-corrected chi connectivity index (χ4v) is 1.67. The van der Waals surface area contributed by atoms with Crippen molar-refractivity contribution < 1.29 is 4.79 Å². The Morgan fingerprint density at radius 1 is 1.33 bits per heavy atom. The topological polar surface area (TPSA) is 41.1 Å². The highest BCUT2D eigenvalue weighted by molar-refractivity contribution is 5.76. The molecule has 0 aromatic heterocycles. The summed E-state index contributed by atoms with van der Waals surface area (Å²) in [5.74, 6) is 1.71. The van der Waals surface area contributed by atoms with Gasteiger partial charge in [-0.1, -0.05) is 20.8 Å². The molecule has 0 aromatic rings. The van der Waals surface area contributed by atoms with Gasteiger partial charge in [-0.15, -0.1) is 0 Å². The van der Waals surface area contributed by atoms with E-state index in [0.29, 0.717) is 18.4 Å². The van der Waals surface area contributed by atoms with Crippen molar-refractivity contribution in [2.45, 2.75) is 46.1 Å². The summed E-state index contributed by atoms with van der Waals surface area (Å²) >= 11 is 0. The van der Waals surface area contributed by atoms with Crippen LogP contribution in [0.4, 0.5) is 0 Å². The van der Waals surface area contributed by atoms with Crippen molar-refractivity contribution in [3.63, 3.8) is 0 Å². The van der Waals surface area contributed by atoms with E-state index in [1.807, 2.05) is 0 Å². The summed E-state index contributed by atoms with van der Waals surface area (Å²) < 4.78 is 0. The Kier molecular flexibility index (Phi) is 5.09. The molecule has 0 spiro atoms. The van der Waals surface area contributed by atoms with Gasteiger partial charge in [0.2, 0.25) is 5.91 Å². The van der Waals surface area contributed by atoms with Gasteiger partial charge in [-0.05, 0) is 24.7 Å². The summed E-state index contributed by atoms with van der Waals surface area (Å²) in [6, 6.07) is 0.461. The third-order valence-electron chi connectivity index (χ3n) is 2.95. The monoisotopic (exact) mass is 212 g/mol. The highest BCUT2D eigenvalue weighted by Crippen LogP contribution is 2.35. The second kappa shape index (κ2) is 6.11. The summed E-state index contributed by atoms with van der Waals surface area (Å²) in [6.07, 6.45) is 3.30. The van der Waals surface area contributed by atoms with E-state index in [9.17, 15) is 4.79 Å². The van der Waals surface area contributed by atoms with Gasteiger partial charge in [-0.25, -0.2) is 0 Å². The molecule has 1 unspecified atom stereocenters. The van der Waals surface area contributed by atoms with Crippen molar-refractivity contribution in [1.29, 1.82) is 0 Å². The molecule has 1 fully saturated rings. The maximum Gasteiger partial charge on any atom is 0.221 e. The van der Waals surface area contributed by atoms with Crippen LogP contribution in [-0.2, 0) is 4.79 Å². The minimum atomic E-state index is 0.177. The largest absolute Gasteiger partial charge is 0.356 e. The molecule has 0 heterocycles. The van der Waals surface area contributed by atoms with Crippen LogP contribution in [0.25, 0.3) is 0 Å². The number of carbonyl (C=O) groups excluding carboxylic acids is 1. The smallest absolute Gasteiger partial charge is 0.221 e. The van der Waals surface area contributed by atoms with E-state index in [-0.39, 0.29) is 5.91 Å². The zero-order chi connectivity index (χ0) is 11.3. The maximum absolute atomic E-state index is 11.4. The number of amides is 1. The molecule has 0 radical (unpaired) electrons. The number of hydrogen-bond donors (Lipinski definition) is 2. The number of nitrogens with one attached hydrogen (secondary N) is 2. The predicted molar refractivity (Wildman–Crippen MR) is 62.7 cm³/mol. The molecule has 3 nitrogen and oxygen atoms in total. The van der Waals surface area contributed by atoms with Crippen molar-refractivity contribution in [2.75, 3.05) is 13.1 Å². The maximum atomic E-state index is 11.4. The number of rotatable bonds is 7. The summed E-state index contributed by atoms with van der Waals surface area (Å²) in [4.78, 5) is 11.4. The first-order chi connectivity index (χ1) is 7.09. The summed E-state index contributed by atoms with van der Waals surface area (Å²) in [6.45, 7) is 8.04. The molecule has 1 saturated carbocycles. The van der Waals surface area contributed by atoms with Crippen LogP contribution in [0.3, 0.4) is 0 Å². The number of carbonyl (C=O) groups is 1. The number of hydrogen-bond acceptors (Lipinski definition) is 2. The van der Waals surface area contributed by atoms with Crippen LogP contribution < -0.4 is 10.6 Å². The Balaban J connectivity index is 1.97. The van der Waals surface area contributed by atoms with Crippen LogP contribution in [0.1, 0.15) is 40.0 Å². The Morgan fingerprint density at radius 2 is 2.00 bits per heavy atom. The third kappa shape index (κ3) is 5.78. The van der Waals surface area contributed by atoms with E-state index in [1.165, 1.54) is 12.8 Å². The van der Waals surface area contributed by atoms with Gasteiger partial charge >= 0.3 is 0 Å². The molecule has 1 amide bonds. The molecular weight excluding hydrogens is 188 g/mol. The fraction of sp³-hybridized carbons (Fsp3) is 0.917. The van der Waals surface area contributed by atoms with E-state index < -0.39 is 0 Å². The van der Waals surface area contributed by atoms with E-state index >= 15 is 0 Å². The van der Waals surface area contributed by atoms with Gasteiger partial charge in [0.1, 0.15) is 0 Å². The minimum Gasteiger partial charge on any atom is -0.356 e. The first kappa shape index (κ1) is 12.5. The molecule has 3 heteroatoms. The molecule has 0 aromatic carbocycles. The average Bonchev–Trinajstić information content (AvgIpc) is 2.96. The molecule has 15 heavy (non-hydrogen) atoms. The van der Waals surface area contributed by atoms with Crippen molar-refractivity contribution in [1.82, 2.24) is 10.6 Å². The third-order valence-corrected chi connectivity index (χ3v) is 2.95. The summed E-state index contributed by atoms with van der Waals surface area (Å²) in [7, 11) is 0. The van der Waals surface area contributed by atoms with E-state index in [4.69, 9.17) is 0 Å². The molecule has 1 atom stereocenters. The fourth-order valence-electron chi connectivity index (χ4n) is 1.67. The summed E-state index contributed by atoms with van der Waals surface area (Å²) in [5, 5.41) is 6.24. The van der Waals surface area contributed by atoms with Gasteiger partial charge in [-0.3, -0.25) is 4.79 Å². The Labute approximate surface area is 93.0 Å². The van der Waals surface area contributed by atoms with Crippen LogP contribution in [0, 0.1) is 11.8 Å². The molecule has 1 rings (SSSR count). The van der Waals surface area contributed by atoms with E-state index in [2.05, 4.69) is 31.4 Å². The summed E-state index contributed by atoms with van der Waals surface area (Å²) in [5.41, 5.74) is 0. The molecule has 0 aliphatic heterocycles. The van der Waals surface area contributed by atoms with Crippen molar-refractivity contribution >= 4 is 5.91 Å². The van der Waals surface area contributed by atoms with Gasteiger partial charge < -0.3 is 10.6 Å². The zero-order valence-corrected chi connectivity index (χ0v) is 10.2. The van der Waals surface area contributed by atoms with Crippen LogP contribution in [0.5, 0.6) is 0 Å². The average molecular weight is 212 g/mol. The molecule has 2 N–H and O–H groups in total. The van der Waals surface area contributed by atoms with E-state index in [0.717, 1.165) is 19.0 Å². The van der Waals surface area contributed by atoms with Crippen LogP contribution >= 0.6 is 0 Å². The predicted octanol–water partition coefficient (Wildman–Crippen LogP) is 1.54. The molecule has 88 valence electrons. The van der Waals surface area contributed by atoms with Gasteiger partial charge in [-0.2, -0.15) is 0 Å². The highest BCUT2D eigenvalue weighted by Gasteiger charge is 2.27. The Bertz CT molecular complexity index is 200. The molecule has 0 bridgehead atoms. The van der Waals surface area contributed by atoms with Gasteiger partial charge in [0.05, 0.1) is 0 Å². The quantitative estimate of drug-likeness (QED) is 0.672. The lowest BCUT2D eigenvalue weighted by Gasteiger charge is -2.12. The van der Waals surface area contributed by atoms with Crippen molar-refractivity contribution in [3.05, 3.63) is 0 Å². The Hall–Kier alpha value is -0.570. The van der Waals surface area contributed by atoms with Crippen LogP contribution in [0.15, 0.2) is 0 Å². The second-order valence-electron chi connectivity index (χ2n) is 4.98. The molecule has 0 saturated heterocycles. The van der Waals surface area contributed by atoms with Crippen molar-refractivity contribution in [3.8, 4) is 0 Å². The highest BCUT2D eigenvalue weighted by atomic mass is 16.1. The van der Waals surface area contributed by atoms with Crippen molar-refractivity contribution in [2.24, 2.45) is 11.8 Å². The lowest BCUT2D eigenvalue weighted by atomic mass is 10.1. The molecule has 1 aliphatic carbocycles. The zero-order valence-electron chi connectivity index (χ0n) is 10.2. The SMILES string of the molecule is CC(C)NCCC(=O)NCC(C)C1CC1. The van der Waals surface area contributed by atoms with Crippen LogP contribution in [-0.4, -0.2) is 25.0 Å². The van der Waals surface area contributed by atoms with E-state index in [1.54, 1.807) is 0 Å².